The lowest BCUT2D eigenvalue weighted by Crippen LogP contribution is -2.74. The number of anilines is 1. The zero-order valence-corrected chi connectivity index (χ0v) is 26.5. The lowest BCUT2D eigenvalue weighted by Gasteiger charge is -2.53. The number of oxime groups is 1. The number of nitrogens with zero attached hydrogens (tertiary/aromatic N) is 7. The summed E-state index contributed by atoms with van der Waals surface area (Å²) in [5, 5.41) is 34.3. The monoisotopic (exact) mass is 670 g/mol. The van der Waals surface area contributed by atoms with Crippen LogP contribution in [0.5, 0.6) is 0 Å². The molecule has 0 spiro atoms. The quantitative estimate of drug-likeness (QED) is 0.0537. The van der Waals surface area contributed by atoms with Gasteiger partial charge in [0, 0.05) is 30.5 Å². The molecule has 0 aliphatic carbocycles. The number of thiazole rings is 1. The average Bonchev–Trinajstić information content (AvgIpc) is 3.59. The molecule has 238 valence electrons. The van der Waals surface area contributed by atoms with Crippen LogP contribution in [0, 0.1) is 5.41 Å². The molecule has 2 saturated heterocycles. The summed E-state index contributed by atoms with van der Waals surface area (Å²) in [6.07, 6.45) is -0.221. The first-order valence-corrected chi connectivity index (χ1v) is 15.9. The van der Waals surface area contributed by atoms with E-state index in [0.717, 1.165) is 11.3 Å². The topological polar surface area (TPSA) is 232 Å². The minimum absolute atomic E-state index is 0.0217. The van der Waals surface area contributed by atoms with Gasteiger partial charge in [0.2, 0.25) is 17.5 Å². The summed E-state index contributed by atoms with van der Waals surface area (Å²) < 4.78 is 6.58. The Hall–Kier alpha value is -3.98. The lowest BCUT2D eigenvalue weighted by molar-refractivity contribution is -0.157. The second-order valence-electron chi connectivity index (χ2n) is 10.6. The summed E-state index contributed by atoms with van der Waals surface area (Å²) in [7, 11) is 1.64. The predicted molar refractivity (Wildman–Crippen MR) is 158 cm³/mol. The van der Waals surface area contributed by atoms with Gasteiger partial charge in [-0.05, 0) is 31.2 Å². The molecule has 2 aromatic rings. The van der Waals surface area contributed by atoms with Gasteiger partial charge in [-0.3, -0.25) is 19.2 Å². The van der Waals surface area contributed by atoms with Crippen LogP contribution in [-0.2, 0) is 35.8 Å². The Labute approximate surface area is 263 Å². The van der Waals surface area contributed by atoms with Crippen molar-refractivity contribution >= 4 is 76.0 Å². The minimum atomic E-state index is -1.25. The van der Waals surface area contributed by atoms with Gasteiger partial charge in [0.25, 0.3) is 5.91 Å². The van der Waals surface area contributed by atoms with E-state index in [-0.39, 0.29) is 47.7 Å². The van der Waals surface area contributed by atoms with Crippen LogP contribution >= 0.6 is 34.9 Å². The van der Waals surface area contributed by atoms with Crippen molar-refractivity contribution in [2.75, 3.05) is 36.5 Å². The highest BCUT2D eigenvalue weighted by atomic mass is 32.2. The molecule has 0 radical (unpaired) electrons. The molecule has 2 aliphatic rings. The second kappa shape index (κ2) is 13.8. The summed E-state index contributed by atoms with van der Waals surface area (Å²) in [4.78, 5) is 72.2. The van der Waals surface area contributed by atoms with Gasteiger partial charge in [-0.25, -0.2) is 14.5 Å². The predicted octanol–water partition coefficient (Wildman–Crippen LogP) is -0.256. The van der Waals surface area contributed by atoms with E-state index in [1.807, 2.05) is 0 Å². The van der Waals surface area contributed by atoms with Gasteiger partial charge >= 0.3 is 12.1 Å². The summed E-state index contributed by atoms with van der Waals surface area (Å²) >= 11 is 3.47. The number of amides is 4. The van der Waals surface area contributed by atoms with Crippen molar-refractivity contribution in [3.63, 3.8) is 0 Å². The van der Waals surface area contributed by atoms with Crippen molar-refractivity contribution in [2.24, 2.45) is 17.6 Å². The summed E-state index contributed by atoms with van der Waals surface area (Å²) in [6, 6.07) is -0.944. The maximum atomic E-state index is 13.3. The Bertz CT molecular complexity index is 1440. The summed E-state index contributed by atoms with van der Waals surface area (Å²) in [5.41, 5.74) is -2.12. The van der Waals surface area contributed by atoms with Crippen molar-refractivity contribution in [3.8, 4) is 0 Å². The molecule has 0 bridgehead atoms. The number of nitrogens with one attached hydrogen (secondary N) is 3. The third-order valence-corrected chi connectivity index (χ3v) is 9.77. The van der Waals surface area contributed by atoms with Crippen molar-refractivity contribution < 1.29 is 38.7 Å². The van der Waals surface area contributed by atoms with Crippen molar-refractivity contribution in [3.05, 3.63) is 11.1 Å². The Morgan fingerprint density at radius 2 is 2.11 bits per heavy atom. The van der Waals surface area contributed by atoms with E-state index in [1.54, 1.807) is 27.8 Å². The number of alkyl carbamates (subject to hydrolysis) is 1. The van der Waals surface area contributed by atoms with Crippen LogP contribution in [0.4, 0.5) is 9.93 Å². The van der Waals surface area contributed by atoms with Crippen LogP contribution in [0.15, 0.2) is 15.7 Å². The largest absolute Gasteiger partial charge is 0.481 e. The zero-order valence-electron chi connectivity index (χ0n) is 24.0. The van der Waals surface area contributed by atoms with Crippen LogP contribution in [-0.4, -0.2) is 119 Å². The van der Waals surface area contributed by atoms with Crippen LogP contribution in [0.2, 0.25) is 0 Å². The van der Waals surface area contributed by atoms with Gasteiger partial charge in [0.1, 0.15) is 34.7 Å². The van der Waals surface area contributed by atoms with Gasteiger partial charge in [0.05, 0.1) is 6.54 Å². The SMILES string of the molecule is Cn1nnnc1SCC1(C(=O)O)CS[C@@H]2C(NC(=O)C(=NOCCNC(=O)OC(C)(C)C)c3csc(NC=O)n3)C(=O)N2C1. The molecular weight excluding hydrogens is 641 g/mol. The fraction of sp³-hybridized carbons (Fsp3) is 0.565. The first kappa shape index (κ1) is 32.9. The van der Waals surface area contributed by atoms with E-state index in [2.05, 4.69) is 41.6 Å². The first-order chi connectivity index (χ1) is 20.8. The maximum absolute atomic E-state index is 13.3. The number of ether oxygens (including phenoxy) is 1. The number of carbonyl (C=O) groups excluding carboxylic acids is 4. The number of hydrogen-bond donors (Lipinski definition) is 4. The zero-order chi connectivity index (χ0) is 32.1. The van der Waals surface area contributed by atoms with Crippen LogP contribution in [0.1, 0.15) is 26.5 Å². The number of aromatic nitrogens is 5. The number of carboxylic acid groups (broad SMARTS) is 1. The van der Waals surface area contributed by atoms with Gasteiger partial charge < -0.3 is 35.5 Å². The Balaban J connectivity index is 1.39. The number of aliphatic carboxylic acids is 1. The molecule has 0 aromatic carbocycles. The molecule has 18 nitrogen and oxygen atoms in total. The molecule has 4 heterocycles. The minimum Gasteiger partial charge on any atom is -0.481 e. The standard InChI is InChI=1S/C23H30N10O8S3/c1-22(2,3)41-21(39)24-5-6-40-29-13(12-7-42-19(26-12)25-11-34)15(35)27-14-16(36)33-8-23(18(37)38,9-43-17(14)33)10-44-20-28-30-31-32(20)4/h7,11,14,17H,5-6,8-10H2,1-4H3,(H,24,39)(H,27,35)(H,37,38)(H,25,26,34)/t14?,17-,23?/m1/s1. The molecule has 21 heteroatoms. The number of hydrogen-bond acceptors (Lipinski definition) is 15. The molecule has 4 N–H and O–H groups in total. The fourth-order valence-corrected chi connectivity index (χ4v) is 7.35. The van der Waals surface area contributed by atoms with Crippen LogP contribution in [0.3, 0.4) is 0 Å². The summed E-state index contributed by atoms with van der Waals surface area (Å²) in [5.74, 6) is -1.96. The van der Waals surface area contributed by atoms with E-state index in [9.17, 15) is 29.1 Å². The van der Waals surface area contributed by atoms with Crippen molar-refractivity contribution in [2.45, 2.75) is 42.9 Å². The molecule has 2 aliphatic heterocycles. The highest BCUT2D eigenvalue weighted by Crippen LogP contribution is 2.44. The molecule has 44 heavy (non-hydrogen) atoms. The average molecular weight is 671 g/mol. The van der Waals surface area contributed by atoms with Crippen molar-refractivity contribution in [1.29, 1.82) is 0 Å². The molecule has 2 unspecified atom stereocenters. The van der Waals surface area contributed by atoms with Gasteiger partial charge in [-0.15, -0.1) is 28.2 Å². The Kier molecular flexibility index (Phi) is 10.3. The van der Waals surface area contributed by atoms with E-state index < -0.39 is 46.3 Å². The third-order valence-electron chi connectivity index (χ3n) is 6.11. The van der Waals surface area contributed by atoms with E-state index in [1.165, 1.54) is 38.5 Å². The van der Waals surface area contributed by atoms with Crippen LogP contribution < -0.4 is 16.0 Å². The van der Waals surface area contributed by atoms with Gasteiger partial charge in [0.15, 0.2) is 10.8 Å². The van der Waals surface area contributed by atoms with Gasteiger partial charge in [-0.2, -0.15) is 0 Å². The number of fused-ring (bicyclic) bond motifs is 1. The molecule has 4 rings (SSSR count). The number of thioether (sulfide) groups is 2. The highest BCUT2D eigenvalue weighted by molar-refractivity contribution is 8.00. The smallest absolute Gasteiger partial charge is 0.407 e. The Morgan fingerprint density at radius 3 is 2.77 bits per heavy atom. The number of rotatable bonds is 13. The van der Waals surface area contributed by atoms with Gasteiger partial charge in [-0.1, -0.05) is 16.9 Å². The van der Waals surface area contributed by atoms with Crippen LogP contribution in [0.25, 0.3) is 0 Å². The molecular formula is C23H30N10O8S3. The summed E-state index contributed by atoms with van der Waals surface area (Å²) in [6.45, 7) is 5.02. The Morgan fingerprint density at radius 1 is 1.34 bits per heavy atom. The van der Waals surface area contributed by atoms with E-state index >= 15 is 0 Å². The molecule has 2 fully saturated rings. The van der Waals surface area contributed by atoms with Crippen molar-refractivity contribution in [1.82, 2.24) is 40.7 Å². The first-order valence-electron chi connectivity index (χ1n) is 13.0. The second-order valence-corrected chi connectivity index (χ2v) is 13.5. The number of β-lactam (4-membered cyclic amide) rings is 1. The lowest BCUT2D eigenvalue weighted by atomic mass is 9.89. The van der Waals surface area contributed by atoms with E-state index in [0.29, 0.717) is 11.6 Å². The number of carboxylic acids is 1. The van der Waals surface area contributed by atoms with E-state index in [4.69, 9.17) is 9.57 Å². The number of tetrazole rings is 1. The molecule has 2 aromatic heterocycles. The number of aryl methyl sites for hydroxylation is 1. The fourth-order valence-electron chi connectivity index (χ4n) is 3.99. The maximum Gasteiger partial charge on any atom is 0.407 e. The third kappa shape index (κ3) is 7.75. The molecule has 3 atom stereocenters. The molecule has 0 saturated carbocycles. The highest BCUT2D eigenvalue weighted by Gasteiger charge is 2.57. The number of carbonyl (C=O) groups is 5. The molecule has 4 amide bonds. The normalized spacial score (nSPS) is 21.5.